The molecule has 6 heteroatoms. The summed E-state index contributed by atoms with van der Waals surface area (Å²) in [7, 11) is 1.88. The number of quaternary nitrogens is 1. The first kappa shape index (κ1) is 19.4. The Labute approximate surface area is 166 Å². The van der Waals surface area contributed by atoms with E-state index in [1.807, 2.05) is 13.1 Å². The molecule has 4 aliphatic rings. The maximum Gasteiger partial charge on any atom is 0.322 e. The molecule has 0 aromatic heterocycles. The van der Waals surface area contributed by atoms with Crippen molar-refractivity contribution in [3.63, 3.8) is 0 Å². The van der Waals surface area contributed by atoms with E-state index >= 15 is 0 Å². The number of halogens is 1. The van der Waals surface area contributed by atoms with Crippen molar-refractivity contribution in [3.8, 4) is 0 Å². The molecule has 28 heavy (non-hydrogen) atoms. The van der Waals surface area contributed by atoms with Gasteiger partial charge in [-0.15, -0.1) is 0 Å². The number of carbonyl (C=O) groups is 2. The van der Waals surface area contributed by atoms with Crippen LogP contribution in [0.5, 0.6) is 0 Å². The molecule has 3 N–H and O–H groups in total. The Morgan fingerprint density at radius 3 is 2.36 bits per heavy atom. The monoisotopic (exact) mass is 388 g/mol. The summed E-state index contributed by atoms with van der Waals surface area (Å²) in [6.45, 7) is 2.31. The molecule has 4 saturated carbocycles. The number of nitrogens with one attached hydrogen (secondary N) is 3. The molecule has 0 saturated heterocycles. The fraction of sp³-hybridized carbons (Fsp3) is 0.636. The quantitative estimate of drug-likeness (QED) is 0.723. The van der Waals surface area contributed by atoms with Crippen molar-refractivity contribution in [2.45, 2.75) is 63.6 Å². The smallest absolute Gasteiger partial charge is 0.322 e. The zero-order chi connectivity index (χ0) is 19.9. The number of urea groups is 1. The first-order chi connectivity index (χ1) is 13.3. The van der Waals surface area contributed by atoms with Crippen molar-refractivity contribution in [2.24, 2.45) is 17.8 Å². The standard InChI is InChI=1S/C22H30FN3O2/c1-14(26(2)13-15-4-3-5-19(23)9-15)20(27)24-21(28)25-22-10-16-6-17(11-22)8-18(7-16)12-22/h3-5,9,14,16-18H,6-8,10-13H2,1-2H3,(H2,24,25,27,28)/p+1/t14-,16?,17?,18?,22?/m0/s1. The molecular formula is C22H31FN3O2+. The minimum atomic E-state index is -0.412. The molecule has 1 unspecified atom stereocenters. The number of hydrogen-bond donors (Lipinski definition) is 3. The van der Waals surface area contributed by atoms with Gasteiger partial charge in [-0.25, -0.2) is 9.18 Å². The van der Waals surface area contributed by atoms with Gasteiger partial charge in [-0.3, -0.25) is 10.1 Å². The highest BCUT2D eigenvalue weighted by Gasteiger charge is 2.51. The van der Waals surface area contributed by atoms with Gasteiger partial charge in [0.25, 0.3) is 5.91 Å². The van der Waals surface area contributed by atoms with Crippen molar-refractivity contribution < 1.29 is 18.9 Å². The fourth-order valence-electron chi connectivity index (χ4n) is 6.10. The molecule has 2 atom stereocenters. The van der Waals surface area contributed by atoms with Gasteiger partial charge in [-0.05, 0) is 75.3 Å². The second-order valence-electron chi connectivity index (χ2n) is 9.52. The predicted molar refractivity (Wildman–Crippen MR) is 104 cm³/mol. The van der Waals surface area contributed by atoms with Gasteiger partial charge < -0.3 is 10.2 Å². The van der Waals surface area contributed by atoms with Crippen LogP contribution in [0.25, 0.3) is 0 Å². The molecule has 1 aromatic rings. The number of carbonyl (C=O) groups excluding carboxylic acids is 2. The Hall–Kier alpha value is -1.95. The van der Waals surface area contributed by atoms with Crippen LogP contribution in [-0.4, -0.2) is 30.6 Å². The van der Waals surface area contributed by atoms with Gasteiger partial charge in [0.1, 0.15) is 12.4 Å². The minimum Gasteiger partial charge on any atom is -0.332 e. The van der Waals surface area contributed by atoms with Crippen LogP contribution in [0.2, 0.25) is 0 Å². The number of rotatable bonds is 5. The molecule has 3 amide bonds. The Balaban J connectivity index is 1.31. The predicted octanol–water partition coefficient (Wildman–Crippen LogP) is 2.02. The lowest BCUT2D eigenvalue weighted by atomic mass is 9.53. The average molecular weight is 389 g/mol. The second kappa shape index (κ2) is 7.47. The largest absolute Gasteiger partial charge is 0.332 e. The van der Waals surface area contributed by atoms with E-state index in [9.17, 15) is 14.0 Å². The van der Waals surface area contributed by atoms with Crippen LogP contribution in [-0.2, 0) is 11.3 Å². The lowest BCUT2D eigenvalue weighted by molar-refractivity contribution is -0.908. The summed E-state index contributed by atoms with van der Waals surface area (Å²) in [5, 5.41) is 5.73. The summed E-state index contributed by atoms with van der Waals surface area (Å²) in [6, 6.07) is 5.62. The molecule has 0 radical (unpaired) electrons. The van der Waals surface area contributed by atoms with E-state index in [4.69, 9.17) is 0 Å². The van der Waals surface area contributed by atoms with E-state index in [1.165, 1.54) is 31.4 Å². The molecule has 152 valence electrons. The molecule has 5 nitrogen and oxygen atoms in total. The van der Waals surface area contributed by atoms with E-state index in [0.717, 1.165) is 47.5 Å². The summed E-state index contributed by atoms with van der Waals surface area (Å²) in [6.07, 6.45) is 7.11. The lowest BCUT2D eigenvalue weighted by Crippen LogP contribution is -3.12. The molecule has 1 aromatic carbocycles. The Bertz CT molecular complexity index is 731. The first-order valence-corrected chi connectivity index (χ1v) is 10.5. The number of benzene rings is 1. The molecule has 0 heterocycles. The van der Waals surface area contributed by atoms with Crippen molar-refractivity contribution in [1.82, 2.24) is 10.6 Å². The Morgan fingerprint density at radius 2 is 1.79 bits per heavy atom. The number of hydrogen-bond acceptors (Lipinski definition) is 2. The van der Waals surface area contributed by atoms with Gasteiger partial charge in [-0.2, -0.15) is 0 Å². The summed E-state index contributed by atoms with van der Waals surface area (Å²) >= 11 is 0. The summed E-state index contributed by atoms with van der Waals surface area (Å²) in [5.74, 6) is 1.64. The van der Waals surface area contributed by atoms with Crippen LogP contribution in [0.3, 0.4) is 0 Å². The molecule has 0 aliphatic heterocycles. The van der Waals surface area contributed by atoms with E-state index in [-0.39, 0.29) is 23.3 Å². The number of imide groups is 1. The van der Waals surface area contributed by atoms with Crippen molar-refractivity contribution in [3.05, 3.63) is 35.6 Å². The van der Waals surface area contributed by atoms with Crippen LogP contribution in [0.15, 0.2) is 24.3 Å². The average Bonchev–Trinajstić information content (AvgIpc) is 2.59. The zero-order valence-corrected chi connectivity index (χ0v) is 16.8. The molecule has 0 spiro atoms. The van der Waals surface area contributed by atoms with E-state index < -0.39 is 6.04 Å². The third-order valence-electron chi connectivity index (χ3n) is 7.16. The summed E-state index contributed by atoms with van der Waals surface area (Å²) in [4.78, 5) is 26.0. The first-order valence-electron chi connectivity index (χ1n) is 10.5. The molecule has 4 aliphatic carbocycles. The third-order valence-corrected chi connectivity index (χ3v) is 7.16. The number of amides is 3. The summed E-state index contributed by atoms with van der Waals surface area (Å²) in [5.41, 5.74) is 0.720. The molecule has 4 fully saturated rings. The Morgan fingerprint density at radius 1 is 1.18 bits per heavy atom. The molecular weight excluding hydrogens is 357 g/mol. The van der Waals surface area contributed by atoms with E-state index in [0.29, 0.717) is 6.54 Å². The lowest BCUT2D eigenvalue weighted by Gasteiger charge is -2.56. The van der Waals surface area contributed by atoms with Crippen LogP contribution < -0.4 is 15.5 Å². The van der Waals surface area contributed by atoms with E-state index in [1.54, 1.807) is 13.0 Å². The van der Waals surface area contributed by atoms with Crippen LogP contribution >= 0.6 is 0 Å². The highest BCUT2D eigenvalue weighted by molar-refractivity contribution is 5.96. The minimum absolute atomic E-state index is 0.108. The third kappa shape index (κ3) is 4.07. The van der Waals surface area contributed by atoms with Gasteiger partial charge >= 0.3 is 6.03 Å². The van der Waals surface area contributed by atoms with Gasteiger partial charge in [0.2, 0.25) is 0 Å². The van der Waals surface area contributed by atoms with Gasteiger partial charge in [0, 0.05) is 11.1 Å². The molecule has 4 bridgehead atoms. The van der Waals surface area contributed by atoms with Crippen LogP contribution in [0.4, 0.5) is 9.18 Å². The van der Waals surface area contributed by atoms with Gasteiger partial charge in [-0.1, -0.05) is 12.1 Å². The topological polar surface area (TPSA) is 62.6 Å². The van der Waals surface area contributed by atoms with Crippen molar-refractivity contribution in [2.75, 3.05) is 7.05 Å². The highest BCUT2D eigenvalue weighted by atomic mass is 19.1. The fourth-order valence-corrected chi connectivity index (χ4v) is 6.10. The van der Waals surface area contributed by atoms with Crippen molar-refractivity contribution >= 4 is 11.9 Å². The Kier molecular flexibility index (Phi) is 5.17. The van der Waals surface area contributed by atoms with Gasteiger partial charge in [0.15, 0.2) is 6.04 Å². The SMILES string of the molecule is C[C@@H](C(=O)NC(=O)NC12CC3CC(CC(C3)C1)C2)[NH+](C)Cc1cccc(F)c1. The number of likely N-dealkylation sites (N-methyl/N-ethyl adjacent to an activating group) is 1. The summed E-state index contributed by atoms with van der Waals surface area (Å²) < 4.78 is 13.4. The maximum absolute atomic E-state index is 13.4. The van der Waals surface area contributed by atoms with E-state index in [2.05, 4.69) is 10.6 Å². The zero-order valence-electron chi connectivity index (χ0n) is 16.8. The molecule has 5 rings (SSSR count). The highest BCUT2D eigenvalue weighted by Crippen LogP contribution is 2.55. The van der Waals surface area contributed by atoms with Crippen LogP contribution in [0, 0.1) is 23.6 Å². The van der Waals surface area contributed by atoms with Crippen molar-refractivity contribution in [1.29, 1.82) is 0 Å². The maximum atomic E-state index is 13.4. The van der Waals surface area contributed by atoms with Crippen LogP contribution in [0.1, 0.15) is 51.0 Å². The van der Waals surface area contributed by atoms with Gasteiger partial charge in [0.05, 0.1) is 7.05 Å². The normalized spacial score (nSPS) is 32.6. The second-order valence-corrected chi connectivity index (χ2v) is 9.52.